The Balaban J connectivity index is 1.66. The Morgan fingerprint density at radius 3 is 2.00 bits per heavy atom. The molecule has 1 atom stereocenters. The largest absolute Gasteiger partial charge is 0.493 e. The van der Waals surface area contributed by atoms with Gasteiger partial charge in [-0.3, -0.25) is 9.59 Å². The van der Waals surface area contributed by atoms with E-state index in [1.807, 2.05) is 97.9 Å². The van der Waals surface area contributed by atoms with Crippen molar-refractivity contribution in [2.75, 3.05) is 14.2 Å². The Labute approximate surface area is 230 Å². The summed E-state index contributed by atoms with van der Waals surface area (Å²) in [4.78, 5) is 29.4. The van der Waals surface area contributed by atoms with Crippen molar-refractivity contribution in [1.29, 1.82) is 0 Å². The van der Waals surface area contributed by atoms with Crippen LogP contribution in [0.4, 0.5) is 0 Å². The highest BCUT2D eigenvalue weighted by Crippen LogP contribution is 2.29. The summed E-state index contributed by atoms with van der Waals surface area (Å²) in [5.74, 6) is 0.726. The Hall–Kier alpha value is -4.58. The normalized spacial score (nSPS) is 11.4. The number of methoxy groups -OCH3 is 2. The first-order valence-corrected chi connectivity index (χ1v) is 12.9. The minimum absolute atomic E-state index is 0.0990. The summed E-state index contributed by atoms with van der Waals surface area (Å²) >= 11 is 0. The number of aryl methyl sites for hydroxylation is 1. The van der Waals surface area contributed by atoms with Crippen LogP contribution < -0.4 is 14.8 Å². The Bertz CT molecular complexity index is 1370. The molecule has 6 heteroatoms. The van der Waals surface area contributed by atoms with Crippen LogP contribution in [0.25, 0.3) is 0 Å². The van der Waals surface area contributed by atoms with Gasteiger partial charge < -0.3 is 19.7 Å². The first kappa shape index (κ1) is 27.5. The number of nitrogens with zero attached hydrogens (tertiary/aromatic N) is 1. The fraction of sp³-hybridized carbons (Fsp3) is 0.212. The lowest BCUT2D eigenvalue weighted by atomic mass is 10.0. The lowest BCUT2D eigenvalue weighted by Gasteiger charge is -2.32. The minimum atomic E-state index is -0.815. The summed E-state index contributed by atoms with van der Waals surface area (Å²) < 4.78 is 10.8. The van der Waals surface area contributed by atoms with Gasteiger partial charge in [-0.05, 0) is 41.3 Å². The molecule has 2 amide bonds. The maximum atomic E-state index is 14.0. The van der Waals surface area contributed by atoms with Crippen LogP contribution in [0.15, 0.2) is 103 Å². The third-order valence-electron chi connectivity index (χ3n) is 6.58. The van der Waals surface area contributed by atoms with Gasteiger partial charge in [0.25, 0.3) is 0 Å². The predicted octanol–water partition coefficient (Wildman–Crippen LogP) is 5.64. The Morgan fingerprint density at radius 2 is 1.36 bits per heavy atom. The third-order valence-corrected chi connectivity index (χ3v) is 6.58. The van der Waals surface area contributed by atoms with Crippen molar-refractivity contribution in [2.45, 2.75) is 32.5 Å². The van der Waals surface area contributed by atoms with Crippen LogP contribution in [-0.2, 0) is 29.1 Å². The number of carbonyl (C=O) groups is 2. The molecule has 4 rings (SSSR count). The molecule has 0 saturated carbocycles. The Morgan fingerprint density at radius 1 is 0.744 bits per heavy atom. The minimum Gasteiger partial charge on any atom is -0.493 e. The summed E-state index contributed by atoms with van der Waals surface area (Å²) in [6.07, 6.45) is 0.0990. The molecule has 0 aliphatic carbocycles. The van der Waals surface area contributed by atoms with Crippen LogP contribution in [0.5, 0.6) is 11.5 Å². The van der Waals surface area contributed by atoms with Crippen molar-refractivity contribution in [3.05, 3.63) is 131 Å². The summed E-state index contributed by atoms with van der Waals surface area (Å²) in [6.45, 7) is 2.68. The third kappa shape index (κ3) is 7.26. The van der Waals surface area contributed by atoms with Crippen molar-refractivity contribution < 1.29 is 19.1 Å². The summed E-state index contributed by atoms with van der Waals surface area (Å²) in [6, 6.07) is 31.8. The van der Waals surface area contributed by atoms with E-state index in [-0.39, 0.29) is 24.8 Å². The van der Waals surface area contributed by atoms with Gasteiger partial charge in [-0.25, -0.2) is 0 Å². The predicted molar refractivity (Wildman–Crippen MR) is 152 cm³/mol. The molecule has 1 N–H and O–H groups in total. The van der Waals surface area contributed by atoms with E-state index in [1.165, 1.54) is 0 Å². The standard InChI is InChI=1S/C33H34N2O4/c1-24-14-16-25(17-15-24)22-34-33(37)32(28-12-8-5-9-13-28)35(23-26-10-6-4-7-11-26)31(36)21-27-18-19-29(38-2)30(20-27)39-3/h4-20,32H,21-23H2,1-3H3,(H,34,37)/t32-/m0/s1. The number of rotatable bonds is 11. The van der Waals surface area contributed by atoms with E-state index in [0.29, 0.717) is 18.0 Å². The molecule has 0 spiro atoms. The molecule has 39 heavy (non-hydrogen) atoms. The molecule has 0 fully saturated rings. The topological polar surface area (TPSA) is 67.9 Å². The lowest BCUT2D eigenvalue weighted by molar-refractivity contribution is -0.141. The van der Waals surface area contributed by atoms with E-state index in [9.17, 15) is 9.59 Å². The molecule has 6 nitrogen and oxygen atoms in total. The van der Waals surface area contributed by atoms with E-state index in [4.69, 9.17) is 9.47 Å². The van der Waals surface area contributed by atoms with Crippen molar-refractivity contribution in [1.82, 2.24) is 10.2 Å². The molecule has 4 aromatic rings. The van der Waals surface area contributed by atoms with Crippen LogP contribution in [-0.4, -0.2) is 30.9 Å². The average Bonchev–Trinajstić information content (AvgIpc) is 2.97. The van der Waals surface area contributed by atoms with Crippen molar-refractivity contribution in [3.63, 3.8) is 0 Å². The molecule has 200 valence electrons. The molecule has 0 saturated heterocycles. The lowest BCUT2D eigenvalue weighted by Crippen LogP contribution is -2.43. The van der Waals surface area contributed by atoms with E-state index in [0.717, 1.165) is 27.8 Å². The van der Waals surface area contributed by atoms with E-state index in [2.05, 4.69) is 5.32 Å². The maximum Gasteiger partial charge on any atom is 0.247 e. The average molecular weight is 523 g/mol. The van der Waals surface area contributed by atoms with Crippen LogP contribution in [0, 0.1) is 6.92 Å². The fourth-order valence-corrected chi connectivity index (χ4v) is 4.47. The van der Waals surface area contributed by atoms with Gasteiger partial charge in [0.15, 0.2) is 11.5 Å². The summed E-state index contributed by atoms with van der Waals surface area (Å²) in [5.41, 5.74) is 4.59. The summed E-state index contributed by atoms with van der Waals surface area (Å²) in [7, 11) is 3.14. The van der Waals surface area contributed by atoms with Crippen LogP contribution >= 0.6 is 0 Å². The highest BCUT2D eigenvalue weighted by Gasteiger charge is 2.31. The highest BCUT2D eigenvalue weighted by atomic mass is 16.5. The number of carbonyl (C=O) groups excluding carboxylic acids is 2. The molecule has 0 bridgehead atoms. The van der Waals surface area contributed by atoms with Gasteiger partial charge in [-0.15, -0.1) is 0 Å². The van der Waals surface area contributed by atoms with Crippen molar-refractivity contribution in [3.8, 4) is 11.5 Å². The highest BCUT2D eigenvalue weighted by molar-refractivity contribution is 5.89. The SMILES string of the molecule is COc1ccc(CC(=O)N(Cc2ccccc2)[C@H](C(=O)NCc2ccc(C)cc2)c2ccccc2)cc1OC. The van der Waals surface area contributed by atoms with Crippen molar-refractivity contribution in [2.24, 2.45) is 0 Å². The molecular weight excluding hydrogens is 488 g/mol. The van der Waals surface area contributed by atoms with E-state index >= 15 is 0 Å². The maximum absolute atomic E-state index is 14.0. The number of hydrogen-bond donors (Lipinski definition) is 1. The van der Waals surface area contributed by atoms with Gasteiger partial charge in [0.2, 0.25) is 11.8 Å². The van der Waals surface area contributed by atoms with E-state index < -0.39 is 6.04 Å². The zero-order valence-corrected chi connectivity index (χ0v) is 22.6. The zero-order chi connectivity index (χ0) is 27.6. The first-order valence-electron chi connectivity index (χ1n) is 12.9. The second-order valence-corrected chi connectivity index (χ2v) is 9.39. The van der Waals surface area contributed by atoms with E-state index in [1.54, 1.807) is 31.3 Å². The number of hydrogen-bond acceptors (Lipinski definition) is 4. The first-order chi connectivity index (χ1) is 19.0. The molecule has 0 aromatic heterocycles. The van der Waals surface area contributed by atoms with Crippen molar-refractivity contribution >= 4 is 11.8 Å². The van der Waals surface area contributed by atoms with Gasteiger partial charge >= 0.3 is 0 Å². The quantitative estimate of drug-likeness (QED) is 0.277. The van der Waals surface area contributed by atoms with Crippen LogP contribution in [0.2, 0.25) is 0 Å². The molecule has 0 heterocycles. The molecular formula is C33H34N2O4. The van der Waals surface area contributed by atoms with Gasteiger partial charge in [-0.2, -0.15) is 0 Å². The number of nitrogens with one attached hydrogen (secondary N) is 1. The van der Waals surface area contributed by atoms with Crippen LogP contribution in [0.1, 0.15) is 33.9 Å². The fourth-order valence-electron chi connectivity index (χ4n) is 4.47. The summed E-state index contributed by atoms with van der Waals surface area (Å²) in [5, 5.41) is 3.07. The zero-order valence-electron chi connectivity index (χ0n) is 22.6. The number of benzene rings is 4. The number of ether oxygens (including phenoxy) is 2. The Kier molecular flexibility index (Phi) is 9.35. The molecule has 0 aliphatic heterocycles. The monoisotopic (exact) mass is 522 g/mol. The molecule has 0 radical (unpaired) electrons. The molecule has 4 aromatic carbocycles. The second-order valence-electron chi connectivity index (χ2n) is 9.39. The smallest absolute Gasteiger partial charge is 0.247 e. The van der Waals surface area contributed by atoms with Gasteiger partial charge in [0.1, 0.15) is 6.04 Å². The second kappa shape index (κ2) is 13.3. The molecule has 0 aliphatic rings. The number of amides is 2. The molecule has 0 unspecified atom stereocenters. The van der Waals surface area contributed by atoms with Gasteiger partial charge in [-0.1, -0.05) is 96.6 Å². The van der Waals surface area contributed by atoms with Crippen LogP contribution in [0.3, 0.4) is 0 Å². The van der Waals surface area contributed by atoms with Gasteiger partial charge in [0.05, 0.1) is 20.6 Å². The van der Waals surface area contributed by atoms with Gasteiger partial charge in [0, 0.05) is 13.1 Å².